The number of likely N-dealkylation sites (tertiary alicyclic amines) is 1. The van der Waals surface area contributed by atoms with Crippen LogP contribution in [0.4, 0.5) is 4.79 Å². The van der Waals surface area contributed by atoms with E-state index >= 15 is 0 Å². The number of nitrogens with zero attached hydrogens (tertiary/aromatic N) is 1. The molecule has 4 nitrogen and oxygen atoms in total. The van der Waals surface area contributed by atoms with E-state index in [1.165, 1.54) is 0 Å². The van der Waals surface area contributed by atoms with E-state index in [4.69, 9.17) is 16.3 Å². The first-order valence-corrected chi connectivity index (χ1v) is 6.47. The van der Waals surface area contributed by atoms with Crippen molar-refractivity contribution in [3.63, 3.8) is 0 Å². The molecule has 0 N–H and O–H groups in total. The number of rotatable bonds is 2. The largest absolute Gasteiger partial charge is 0.444 e. The number of halogens is 1. The normalized spacial score (nSPS) is 31.1. The first-order valence-electron chi connectivity index (χ1n) is 5.93. The third kappa shape index (κ3) is 2.57. The molecule has 17 heavy (non-hydrogen) atoms. The first kappa shape index (κ1) is 12.7. The maximum absolute atomic E-state index is 12.0. The van der Waals surface area contributed by atoms with Gasteiger partial charge in [0.2, 0.25) is 0 Å². The van der Waals surface area contributed by atoms with Crippen LogP contribution in [-0.2, 0) is 9.53 Å². The molecule has 0 bridgehead atoms. The van der Waals surface area contributed by atoms with Gasteiger partial charge >= 0.3 is 6.09 Å². The summed E-state index contributed by atoms with van der Waals surface area (Å²) >= 11 is 5.57. The second kappa shape index (κ2) is 4.16. The number of ketones is 1. The second-order valence-electron chi connectivity index (χ2n) is 5.80. The van der Waals surface area contributed by atoms with Crippen LogP contribution in [0.1, 0.15) is 33.6 Å². The molecule has 0 spiro atoms. The van der Waals surface area contributed by atoms with Crippen LogP contribution in [0, 0.1) is 5.92 Å². The lowest BCUT2D eigenvalue weighted by Crippen LogP contribution is -2.46. The number of piperidine rings is 1. The van der Waals surface area contributed by atoms with E-state index in [1.807, 2.05) is 20.8 Å². The van der Waals surface area contributed by atoms with Crippen molar-refractivity contribution in [3.8, 4) is 0 Å². The highest BCUT2D eigenvalue weighted by Crippen LogP contribution is 2.48. The molecule has 1 aliphatic carbocycles. The zero-order valence-electron chi connectivity index (χ0n) is 10.4. The van der Waals surface area contributed by atoms with Crippen LogP contribution in [-0.4, -0.2) is 40.3 Å². The summed E-state index contributed by atoms with van der Waals surface area (Å²) in [5.74, 6) is 0.355. The molecule has 0 aromatic heterocycles. The Kier molecular flexibility index (Phi) is 3.10. The average Bonchev–Trinajstić information content (AvgIpc) is 2.85. The van der Waals surface area contributed by atoms with Crippen molar-refractivity contribution in [1.29, 1.82) is 0 Å². The van der Waals surface area contributed by atoms with Gasteiger partial charge < -0.3 is 4.74 Å². The van der Waals surface area contributed by atoms with E-state index in [0.717, 1.165) is 12.8 Å². The molecule has 1 amide bonds. The number of alkyl halides is 1. The van der Waals surface area contributed by atoms with E-state index < -0.39 is 5.60 Å². The van der Waals surface area contributed by atoms with Crippen LogP contribution in [0.25, 0.3) is 0 Å². The number of ether oxygens (including phenoxy) is 1. The molecule has 2 aliphatic rings. The van der Waals surface area contributed by atoms with E-state index in [2.05, 4.69) is 0 Å². The fourth-order valence-corrected chi connectivity index (χ4v) is 2.59. The Balaban J connectivity index is 2.07. The first-order chi connectivity index (χ1) is 7.83. The van der Waals surface area contributed by atoms with Gasteiger partial charge in [0.05, 0.1) is 11.9 Å². The van der Waals surface area contributed by atoms with Crippen LogP contribution in [0.2, 0.25) is 0 Å². The number of carbonyl (C=O) groups is 2. The van der Waals surface area contributed by atoms with Gasteiger partial charge in [-0.1, -0.05) is 0 Å². The predicted molar refractivity (Wildman–Crippen MR) is 64.1 cm³/mol. The summed E-state index contributed by atoms with van der Waals surface area (Å²) in [5, 5.41) is 0. The molecule has 0 radical (unpaired) electrons. The molecule has 1 saturated heterocycles. The molecule has 2 rings (SSSR count). The number of fused-ring (bicyclic) bond motifs is 1. The summed E-state index contributed by atoms with van der Waals surface area (Å²) < 4.78 is 5.34. The van der Waals surface area contributed by atoms with Crippen molar-refractivity contribution in [2.45, 2.75) is 51.3 Å². The summed E-state index contributed by atoms with van der Waals surface area (Å²) in [5.41, 5.74) is -0.529. The van der Waals surface area contributed by atoms with Gasteiger partial charge in [-0.15, -0.1) is 11.6 Å². The molecule has 1 aliphatic heterocycles. The maximum Gasteiger partial charge on any atom is 0.411 e. The van der Waals surface area contributed by atoms with Gasteiger partial charge in [0.1, 0.15) is 5.60 Å². The van der Waals surface area contributed by atoms with Crippen molar-refractivity contribution in [2.75, 3.05) is 5.88 Å². The molecular formula is C12H18ClNO3. The summed E-state index contributed by atoms with van der Waals surface area (Å²) in [6.07, 6.45) is 1.35. The van der Waals surface area contributed by atoms with Crippen molar-refractivity contribution >= 4 is 23.5 Å². The van der Waals surface area contributed by atoms with Gasteiger partial charge in [-0.05, 0) is 39.5 Å². The van der Waals surface area contributed by atoms with Crippen LogP contribution >= 0.6 is 11.6 Å². The summed E-state index contributed by atoms with van der Waals surface area (Å²) in [4.78, 5) is 25.3. The molecular weight excluding hydrogens is 242 g/mol. The second-order valence-corrected chi connectivity index (χ2v) is 6.07. The summed E-state index contributed by atoms with van der Waals surface area (Å²) in [7, 11) is 0. The van der Waals surface area contributed by atoms with E-state index in [1.54, 1.807) is 4.90 Å². The highest BCUT2D eigenvalue weighted by atomic mass is 35.5. The van der Waals surface area contributed by atoms with E-state index in [-0.39, 0.29) is 29.8 Å². The molecule has 0 unspecified atom stereocenters. The quantitative estimate of drug-likeness (QED) is 0.714. The topological polar surface area (TPSA) is 46.6 Å². The average molecular weight is 260 g/mol. The minimum Gasteiger partial charge on any atom is -0.444 e. The third-order valence-corrected chi connectivity index (χ3v) is 3.48. The van der Waals surface area contributed by atoms with Gasteiger partial charge in [-0.2, -0.15) is 0 Å². The minimum atomic E-state index is -0.529. The van der Waals surface area contributed by atoms with Gasteiger partial charge in [-0.25, -0.2) is 4.79 Å². The van der Waals surface area contributed by atoms with Crippen LogP contribution < -0.4 is 0 Å². The molecule has 3 atom stereocenters. The van der Waals surface area contributed by atoms with Gasteiger partial charge in [-0.3, -0.25) is 9.69 Å². The predicted octanol–water partition coefficient (Wildman–Crippen LogP) is 2.19. The molecule has 0 aromatic rings. The number of hydrogen-bond acceptors (Lipinski definition) is 3. The Morgan fingerprint density at radius 1 is 1.35 bits per heavy atom. The Morgan fingerprint density at radius 2 is 2.00 bits per heavy atom. The molecule has 5 heteroatoms. The standard InChI is InChI=1S/C12H18ClNO3/c1-12(2,3)17-11(16)14-8-4-7(8)5-9(14)10(15)6-13/h7-9H,4-6H2,1-3H3/t7-,8-,9-/m1/s1. The number of carbonyl (C=O) groups excluding carboxylic acids is 2. The molecule has 2 fully saturated rings. The Hall–Kier alpha value is -0.770. The SMILES string of the molecule is CC(C)(C)OC(=O)N1[C@@H](C(=O)CCl)C[C@H]2C[C@H]21. The molecule has 1 saturated carbocycles. The lowest BCUT2D eigenvalue weighted by atomic mass is 10.1. The molecule has 96 valence electrons. The fraction of sp³-hybridized carbons (Fsp3) is 0.833. The minimum absolute atomic E-state index is 0.0383. The highest BCUT2D eigenvalue weighted by molar-refractivity contribution is 6.28. The zero-order chi connectivity index (χ0) is 12.8. The third-order valence-electron chi connectivity index (χ3n) is 3.21. The Labute approximate surface area is 106 Å². The van der Waals surface area contributed by atoms with Crippen LogP contribution in [0.15, 0.2) is 0 Å². The number of Topliss-reactive ketones (excluding diaryl/α,β-unsaturated/α-hetero) is 1. The maximum atomic E-state index is 12.0. The lowest BCUT2D eigenvalue weighted by molar-refractivity contribution is -0.121. The smallest absolute Gasteiger partial charge is 0.411 e. The van der Waals surface area contributed by atoms with Crippen molar-refractivity contribution in [3.05, 3.63) is 0 Å². The lowest BCUT2D eigenvalue weighted by Gasteiger charge is -2.29. The van der Waals surface area contributed by atoms with Crippen LogP contribution in [0.5, 0.6) is 0 Å². The number of amides is 1. The molecule has 1 heterocycles. The Bertz CT molecular complexity index is 350. The van der Waals surface area contributed by atoms with Gasteiger partial charge in [0, 0.05) is 6.04 Å². The van der Waals surface area contributed by atoms with Gasteiger partial charge in [0.15, 0.2) is 5.78 Å². The Morgan fingerprint density at radius 3 is 2.53 bits per heavy atom. The van der Waals surface area contributed by atoms with E-state index in [0.29, 0.717) is 5.92 Å². The highest BCUT2D eigenvalue weighted by Gasteiger charge is 2.56. The summed E-state index contributed by atoms with van der Waals surface area (Å²) in [6, 6.07) is -0.173. The van der Waals surface area contributed by atoms with Crippen molar-refractivity contribution < 1.29 is 14.3 Å². The van der Waals surface area contributed by atoms with E-state index in [9.17, 15) is 9.59 Å². The summed E-state index contributed by atoms with van der Waals surface area (Å²) in [6.45, 7) is 5.47. The number of hydrogen-bond donors (Lipinski definition) is 0. The monoisotopic (exact) mass is 259 g/mol. The zero-order valence-corrected chi connectivity index (χ0v) is 11.2. The fourth-order valence-electron chi connectivity index (χ4n) is 2.41. The van der Waals surface area contributed by atoms with Crippen LogP contribution in [0.3, 0.4) is 0 Å². The van der Waals surface area contributed by atoms with Gasteiger partial charge in [0.25, 0.3) is 0 Å². The van der Waals surface area contributed by atoms with Crippen molar-refractivity contribution in [1.82, 2.24) is 4.90 Å². The van der Waals surface area contributed by atoms with Crippen molar-refractivity contribution in [2.24, 2.45) is 5.92 Å². The molecule has 0 aromatic carbocycles.